The minimum Gasteiger partial charge on any atom is -0.544 e. The van der Waals surface area contributed by atoms with Gasteiger partial charge in [0.1, 0.15) is 12.6 Å². The molecule has 0 heterocycles. The number of quaternary nitrogens is 1. The molecule has 0 saturated heterocycles. The van der Waals surface area contributed by atoms with Crippen LogP contribution >= 0.6 is 0 Å². The summed E-state index contributed by atoms with van der Waals surface area (Å²) in [5.41, 5.74) is 2.03. The zero-order chi connectivity index (χ0) is 8.36. The fourth-order valence-corrected chi connectivity index (χ4v) is 0.483. The molecule has 0 aromatic carbocycles. The quantitative estimate of drug-likeness (QED) is 0.457. The molecule has 0 spiro atoms. The smallest absolute Gasteiger partial charge is 0.160 e. The number of rotatable bonds is 3. The summed E-state index contributed by atoms with van der Waals surface area (Å²) in [5.74, 6) is -1.52. The largest absolute Gasteiger partial charge is 0.544 e. The van der Waals surface area contributed by atoms with Crippen LogP contribution in [0.5, 0.6) is 0 Å². The van der Waals surface area contributed by atoms with Crippen molar-refractivity contribution in [2.45, 2.75) is 19.4 Å². The molecule has 4 heteroatoms. The normalized spacial score (nSPS) is 16.9. The maximum atomic E-state index is 10.4. The molecular formula is C6H13NO3. The number of carbonyl (C=O) groups excluding carboxylic acids is 1. The fourth-order valence-electron chi connectivity index (χ4n) is 0.483. The summed E-state index contributed by atoms with van der Waals surface area (Å²) >= 11 is 0. The summed E-state index contributed by atoms with van der Waals surface area (Å²) in [6.45, 7) is 2.88. The minimum absolute atomic E-state index is 0.220. The number of carbonyl (C=O) groups is 1. The lowest BCUT2D eigenvalue weighted by Crippen LogP contribution is -2.83. The minimum atomic E-state index is -1.35. The van der Waals surface area contributed by atoms with Crippen LogP contribution in [0.15, 0.2) is 0 Å². The summed E-state index contributed by atoms with van der Waals surface area (Å²) in [6, 6.07) is 0. The molecule has 0 rings (SSSR count). The monoisotopic (exact) mass is 147 g/mol. The molecule has 4 N–H and O–H groups in total. The van der Waals surface area contributed by atoms with Gasteiger partial charge in [-0.3, -0.25) is 0 Å². The topological polar surface area (TPSA) is 88.0 Å². The lowest BCUT2D eigenvalue weighted by Gasteiger charge is -2.28. The number of carboxylic acids is 1. The summed E-state index contributed by atoms with van der Waals surface area (Å²) in [7, 11) is 0. The van der Waals surface area contributed by atoms with E-state index < -0.39 is 18.1 Å². The van der Waals surface area contributed by atoms with Gasteiger partial charge in [-0.25, -0.2) is 0 Å². The van der Waals surface area contributed by atoms with Crippen molar-refractivity contribution >= 4 is 5.97 Å². The molecule has 0 unspecified atom stereocenters. The van der Waals surface area contributed by atoms with Gasteiger partial charge < -0.3 is 20.7 Å². The van der Waals surface area contributed by atoms with Gasteiger partial charge in [0.25, 0.3) is 0 Å². The van der Waals surface area contributed by atoms with E-state index in [-0.39, 0.29) is 5.92 Å². The van der Waals surface area contributed by atoms with E-state index in [0.29, 0.717) is 0 Å². The first-order valence-electron chi connectivity index (χ1n) is 3.12. The van der Waals surface area contributed by atoms with Gasteiger partial charge in [0.05, 0.1) is 0 Å². The Balaban J connectivity index is 4.38. The maximum Gasteiger partial charge on any atom is 0.160 e. The van der Waals surface area contributed by atoms with Gasteiger partial charge in [0.15, 0.2) is 5.54 Å². The van der Waals surface area contributed by atoms with E-state index in [1.54, 1.807) is 13.8 Å². The van der Waals surface area contributed by atoms with E-state index in [1.165, 1.54) is 0 Å². The van der Waals surface area contributed by atoms with E-state index in [1.807, 2.05) is 0 Å². The van der Waals surface area contributed by atoms with Gasteiger partial charge in [0, 0.05) is 5.92 Å². The van der Waals surface area contributed by atoms with Crippen molar-refractivity contribution in [3.63, 3.8) is 0 Å². The summed E-state index contributed by atoms with van der Waals surface area (Å²) in [5, 5.41) is 19.0. The molecule has 1 atom stereocenters. The maximum absolute atomic E-state index is 10.4. The summed E-state index contributed by atoms with van der Waals surface area (Å²) in [4.78, 5) is 10.4. The Morgan fingerprint density at radius 2 is 2.20 bits per heavy atom. The van der Waals surface area contributed by atoms with Crippen molar-refractivity contribution in [3.8, 4) is 0 Å². The first-order chi connectivity index (χ1) is 4.45. The predicted octanol–water partition coefficient (Wildman–Crippen LogP) is -2.63. The predicted molar refractivity (Wildman–Crippen MR) is 32.5 cm³/mol. The standard InChI is InChI=1S/C6H13NO3/c1-4(2)6(7,3-8)5(9)10/h4,8H,3,7H2,1-2H3,(H,9,10)/t6-/m0/s1. The lowest BCUT2D eigenvalue weighted by atomic mass is 9.89. The summed E-state index contributed by atoms with van der Waals surface area (Å²) in [6.07, 6.45) is 0. The van der Waals surface area contributed by atoms with Crippen LogP contribution < -0.4 is 10.8 Å². The third-order valence-electron chi connectivity index (χ3n) is 1.79. The number of hydrogen-bond donors (Lipinski definition) is 2. The number of aliphatic carboxylic acids is 1. The van der Waals surface area contributed by atoms with Crippen molar-refractivity contribution in [1.29, 1.82) is 0 Å². The van der Waals surface area contributed by atoms with Crippen LogP contribution in [0.25, 0.3) is 0 Å². The van der Waals surface area contributed by atoms with Gasteiger partial charge in [0.2, 0.25) is 0 Å². The zero-order valence-corrected chi connectivity index (χ0v) is 6.26. The third-order valence-corrected chi connectivity index (χ3v) is 1.79. The Kier molecular flexibility index (Phi) is 2.80. The second kappa shape index (κ2) is 2.98. The average molecular weight is 147 g/mol. The molecule has 0 aromatic heterocycles. The molecule has 0 aliphatic rings. The second-order valence-electron chi connectivity index (χ2n) is 2.76. The third kappa shape index (κ3) is 1.46. The van der Waals surface area contributed by atoms with Crippen molar-refractivity contribution in [2.75, 3.05) is 6.61 Å². The zero-order valence-electron chi connectivity index (χ0n) is 6.26. The molecule has 0 radical (unpaired) electrons. The van der Waals surface area contributed by atoms with Crippen LogP contribution in [0.3, 0.4) is 0 Å². The van der Waals surface area contributed by atoms with Gasteiger partial charge in [-0.05, 0) is 0 Å². The summed E-state index contributed by atoms with van der Waals surface area (Å²) < 4.78 is 0. The highest BCUT2D eigenvalue weighted by molar-refractivity contribution is 5.74. The number of aliphatic hydroxyl groups excluding tert-OH is 1. The van der Waals surface area contributed by atoms with Crippen LogP contribution in [-0.4, -0.2) is 23.2 Å². The molecule has 0 fully saturated rings. The SMILES string of the molecule is CC(C)[C@@]([NH3+])(CO)C(=O)[O-]. The Labute approximate surface area is 59.7 Å². The van der Waals surface area contributed by atoms with Crippen molar-refractivity contribution in [1.82, 2.24) is 0 Å². The average Bonchev–Trinajstić information content (AvgIpc) is 1.85. The van der Waals surface area contributed by atoms with Gasteiger partial charge in [-0.2, -0.15) is 0 Å². The second-order valence-corrected chi connectivity index (χ2v) is 2.76. The number of hydrogen-bond acceptors (Lipinski definition) is 3. The highest BCUT2D eigenvalue weighted by atomic mass is 16.4. The van der Waals surface area contributed by atoms with Crippen LogP contribution in [0.1, 0.15) is 13.8 Å². The van der Waals surface area contributed by atoms with Crippen LogP contribution in [-0.2, 0) is 4.79 Å². The van der Waals surface area contributed by atoms with Crippen LogP contribution in [0, 0.1) is 5.92 Å². The van der Waals surface area contributed by atoms with E-state index >= 15 is 0 Å². The number of aliphatic hydroxyl groups is 1. The first kappa shape index (κ1) is 9.39. The van der Waals surface area contributed by atoms with Gasteiger partial charge in [-0.15, -0.1) is 0 Å². The highest BCUT2D eigenvalue weighted by Gasteiger charge is 2.34. The fraction of sp³-hybridized carbons (Fsp3) is 0.833. The Hall–Kier alpha value is -0.610. The van der Waals surface area contributed by atoms with Crippen LogP contribution in [0.2, 0.25) is 0 Å². The highest BCUT2D eigenvalue weighted by Crippen LogP contribution is 2.08. The molecule has 0 aromatic rings. The lowest BCUT2D eigenvalue weighted by molar-refractivity contribution is -0.501. The van der Waals surface area contributed by atoms with Crippen LogP contribution in [0.4, 0.5) is 0 Å². The number of carboxylic acid groups (broad SMARTS) is 1. The van der Waals surface area contributed by atoms with Crippen molar-refractivity contribution < 1.29 is 20.7 Å². The van der Waals surface area contributed by atoms with E-state index in [2.05, 4.69) is 5.73 Å². The first-order valence-corrected chi connectivity index (χ1v) is 3.12. The molecule has 0 aliphatic carbocycles. The molecular weight excluding hydrogens is 134 g/mol. The van der Waals surface area contributed by atoms with E-state index in [0.717, 1.165) is 0 Å². The molecule has 10 heavy (non-hydrogen) atoms. The molecule has 0 saturated carbocycles. The van der Waals surface area contributed by atoms with Gasteiger partial charge >= 0.3 is 0 Å². The molecule has 0 bridgehead atoms. The Morgan fingerprint density at radius 3 is 2.20 bits per heavy atom. The molecule has 0 amide bonds. The Bertz CT molecular complexity index is 135. The van der Waals surface area contributed by atoms with E-state index in [9.17, 15) is 9.90 Å². The Morgan fingerprint density at radius 1 is 1.80 bits per heavy atom. The van der Waals surface area contributed by atoms with Gasteiger partial charge in [-0.1, -0.05) is 13.8 Å². The molecule has 0 aliphatic heterocycles. The van der Waals surface area contributed by atoms with E-state index in [4.69, 9.17) is 5.11 Å². The molecule has 4 nitrogen and oxygen atoms in total. The van der Waals surface area contributed by atoms with Crippen molar-refractivity contribution in [2.24, 2.45) is 5.92 Å². The van der Waals surface area contributed by atoms with Crippen molar-refractivity contribution in [3.05, 3.63) is 0 Å². The molecule has 60 valence electrons.